The minimum Gasteiger partial charge on any atom is -0.349 e. The van der Waals surface area contributed by atoms with Gasteiger partial charge in [-0.15, -0.1) is 0 Å². The largest absolute Gasteiger partial charge is 0.349 e. The topological polar surface area (TPSA) is 65.9 Å². The molecule has 1 fully saturated rings. The highest BCUT2D eigenvalue weighted by molar-refractivity contribution is 5.88. The molecule has 0 spiro atoms. The number of likely N-dealkylation sites (tertiary alicyclic amines) is 1. The Bertz CT molecular complexity index is 921. The molecule has 32 heavy (non-hydrogen) atoms. The number of nitrogens with one attached hydrogen (secondary N) is 3. The first kappa shape index (κ1) is 22.1. The number of carbonyl (C=O) groups excluding carboxylic acids is 2. The van der Waals surface area contributed by atoms with Gasteiger partial charge in [0.05, 0.1) is 31.9 Å². The summed E-state index contributed by atoms with van der Waals surface area (Å²) in [4.78, 5) is 26.2. The molecular weight excluding hydrogens is 400 g/mol. The summed E-state index contributed by atoms with van der Waals surface area (Å²) in [6.45, 7) is 3.91. The van der Waals surface area contributed by atoms with Crippen molar-refractivity contribution in [3.63, 3.8) is 0 Å². The van der Waals surface area contributed by atoms with Gasteiger partial charge in [0.1, 0.15) is 6.54 Å². The summed E-state index contributed by atoms with van der Waals surface area (Å²) in [5, 5.41) is 4.41. The zero-order valence-electron chi connectivity index (χ0n) is 18.6. The molecule has 6 heteroatoms. The van der Waals surface area contributed by atoms with Crippen molar-refractivity contribution in [3.8, 4) is 0 Å². The summed E-state index contributed by atoms with van der Waals surface area (Å²) in [5.74, 6) is 0.545. The third-order valence-electron chi connectivity index (χ3n) is 6.40. The fraction of sp³-hybridized carbons (Fsp3) is 0.385. The molecule has 0 unspecified atom stereocenters. The van der Waals surface area contributed by atoms with Crippen molar-refractivity contribution in [3.05, 3.63) is 77.9 Å². The number of nitrogens with zero attached hydrogens (tertiary/aromatic N) is 1. The molecular formula is C26H33N4O2+. The molecule has 168 valence electrons. The van der Waals surface area contributed by atoms with Gasteiger partial charge in [-0.1, -0.05) is 60.7 Å². The van der Waals surface area contributed by atoms with Gasteiger partial charge in [-0.05, 0) is 42.4 Å². The van der Waals surface area contributed by atoms with Crippen LogP contribution in [0.3, 0.4) is 0 Å². The number of piperidine rings is 1. The van der Waals surface area contributed by atoms with Gasteiger partial charge in [-0.2, -0.15) is 0 Å². The maximum Gasteiger partial charge on any atom is 0.245 e. The number of rotatable bonds is 8. The Morgan fingerprint density at radius 2 is 1.72 bits per heavy atom. The van der Waals surface area contributed by atoms with E-state index in [0.29, 0.717) is 13.0 Å². The number of quaternary nitrogens is 1. The first-order valence-electron chi connectivity index (χ1n) is 11.6. The third kappa shape index (κ3) is 6.20. The summed E-state index contributed by atoms with van der Waals surface area (Å²) in [5.41, 5.74) is 6.39. The maximum absolute atomic E-state index is 12.4. The second-order valence-corrected chi connectivity index (χ2v) is 8.76. The molecule has 0 aliphatic carbocycles. The lowest BCUT2D eigenvalue weighted by Gasteiger charge is -2.30. The van der Waals surface area contributed by atoms with Gasteiger partial charge < -0.3 is 10.2 Å². The van der Waals surface area contributed by atoms with Crippen LogP contribution in [0, 0.1) is 5.92 Å². The van der Waals surface area contributed by atoms with E-state index >= 15 is 0 Å². The van der Waals surface area contributed by atoms with E-state index in [1.165, 1.54) is 29.8 Å². The van der Waals surface area contributed by atoms with Gasteiger partial charge in [0, 0.05) is 6.42 Å². The lowest BCUT2D eigenvalue weighted by Crippen LogP contribution is -3.13. The highest BCUT2D eigenvalue weighted by Gasteiger charge is 2.24. The van der Waals surface area contributed by atoms with Crippen molar-refractivity contribution in [2.45, 2.75) is 25.7 Å². The van der Waals surface area contributed by atoms with Crippen LogP contribution >= 0.6 is 0 Å². The van der Waals surface area contributed by atoms with Gasteiger partial charge in [0.15, 0.2) is 0 Å². The molecule has 2 amide bonds. The van der Waals surface area contributed by atoms with Gasteiger partial charge in [-0.25, -0.2) is 5.01 Å². The fourth-order valence-electron chi connectivity index (χ4n) is 4.55. The molecule has 2 aromatic rings. The van der Waals surface area contributed by atoms with Gasteiger partial charge in [0.2, 0.25) is 11.8 Å². The van der Waals surface area contributed by atoms with Crippen LogP contribution in [0.2, 0.25) is 0 Å². The molecule has 2 aliphatic rings. The minimum absolute atomic E-state index is 0.0253. The van der Waals surface area contributed by atoms with Crippen molar-refractivity contribution in [2.24, 2.45) is 5.92 Å². The van der Waals surface area contributed by atoms with E-state index in [9.17, 15) is 9.59 Å². The molecule has 0 atom stereocenters. The van der Waals surface area contributed by atoms with Crippen LogP contribution in [-0.4, -0.2) is 49.5 Å². The molecule has 4 rings (SSSR count). The second-order valence-electron chi connectivity index (χ2n) is 8.76. The zero-order valence-corrected chi connectivity index (χ0v) is 18.6. The fourth-order valence-corrected chi connectivity index (χ4v) is 4.55. The molecule has 2 aromatic carbocycles. The van der Waals surface area contributed by atoms with E-state index in [1.54, 1.807) is 4.90 Å². The van der Waals surface area contributed by atoms with Gasteiger partial charge in [0.25, 0.3) is 0 Å². The van der Waals surface area contributed by atoms with Crippen molar-refractivity contribution >= 4 is 17.5 Å². The van der Waals surface area contributed by atoms with E-state index < -0.39 is 0 Å². The summed E-state index contributed by atoms with van der Waals surface area (Å²) in [7, 11) is 0. The van der Waals surface area contributed by atoms with E-state index in [4.69, 9.17) is 0 Å². The first-order chi connectivity index (χ1) is 15.7. The molecule has 2 aliphatic heterocycles. The maximum atomic E-state index is 12.4. The summed E-state index contributed by atoms with van der Waals surface area (Å²) < 4.78 is 0. The smallest absolute Gasteiger partial charge is 0.245 e. The van der Waals surface area contributed by atoms with Crippen LogP contribution in [0.1, 0.15) is 30.4 Å². The number of hydrogen-bond donors (Lipinski definition) is 3. The van der Waals surface area contributed by atoms with Crippen LogP contribution in [0.15, 0.2) is 66.7 Å². The van der Waals surface area contributed by atoms with E-state index in [2.05, 4.69) is 41.1 Å². The first-order valence-corrected chi connectivity index (χ1v) is 11.6. The lowest BCUT2D eigenvalue weighted by molar-refractivity contribution is -0.905. The highest BCUT2D eigenvalue weighted by atomic mass is 16.2. The molecule has 1 saturated heterocycles. The lowest BCUT2D eigenvalue weighted by atomic mass is 9.90. The quantitative estimate of drug-likeness (QED) is 0.590. The van der Waals surface area contributed by atoms with Crippen molar-refractivity contribution < 1.29 is 14.5 Å². The predicted molar refractivity (Wildman–Crippen MR) is 125 cm³/mol. The minimum atomic E-state index is -0.126. The number of benzene rings is 2. The number of hydrazine groups is 1. The zero-order chi connectivity index (χ0) is 22.2. The van der Waals surface area contributed by atoms with Crippen LogP contribution in [0.25, 0.3) is 5.70 Å². The number of amides is 2. The molecule has 6 nitrogen and oxygen atoms in total. The Labute approximate surface area is 190 Å². The number of carbonyl (C=O) groups is 2. The Morgan fingerprint density at radius 3 is 2.44 bits per heavy atom. The molecule has 0 aromatic heterocycles. The standard InChI is InChI=1S/C26H32N4O2/c31-25(20-30-26(32)12-11-24(28-30)23-9-5-2-6-10-23)27-15-18-29-16-13-22(14-17-29)19-21-7-3-1-4-8-21/h1-11,22,28H,12-20H2,(H,27,31)/p+1. The van der Waals surface area contributed by atoms with Crippen LogP contribution in [0.5, 0.6) is 0 Å². The van der Waals surface area contributed by atoms with Crippen LogP contribution in [-0.2, 0) is 16.0 Å². The summed E-state index contributed by atoms with van der Waals surface area (Å²) in [6, 6.07) is 20.6. The average Bonchev–Trinajstić information content (AvgIpc) is 2.83. The normalized spacial score (nSPS) is 20.9. The Morgan fingerprint density at radius 1 is 1.03 bits per heavy atom. The van der Waals surface area contributed by atoms with E-state index in [0.717, 1.165) is 36.8 Å². The number of hydrogen-bond acceptors (Lipinski definition) is 3. The van der Waals surface area contributed by atoms with E-state index in [1.807, 2.05) is 36.4 Å². The second kappa shape index (κ2) is 11.0. The summed E-state index contributed by atoms with van der Waals surface area (Å²) >= 11 is 0. The van der Waals surface area contributed by atoms with E-state index in [-0.39, 0.29) is 18.4 Å². The predicted octanol–water partition coefficient (Wildman–Crippen LogP) is 1.42. The van der Waals surface area contributed by atoms with Crippen LogP contribution in [0.4, 0.5) is 0 Å². The molecule has 0 radical (unpaired) electrons. The molecule has 0 saturated carbocycles. The molecule has 2 heterocycles. The van der Waals surface area contributed by atoms with Crippen LogP contribution < -0.4 is 15.6 Å². The van der Waals surface area contributed by atoms with Gasteiger partial charge >= 0.3 is 0 Å². The van der Waals surface area contributed by atoms with Crippen molar-refractivity contribution in [1.82, 2.24) is 15.8 Å². The Balaban J connectivity index is 1.15. The Hall–Kier alpha value is -3.12. The van der Waals surface area contributed by atoms with Gasteiger partial charge in [-0.3, -0.25) is 15.0 Å². The average molecular weight is 434 g/mol. The Kier molecular flexibility index (Phi) is 7.56. The SMILES string of the molecule is O=C(CN1NC(c2ccccc2)=CCC1=O)NCC[NH+]1CCC(Cc2ccccc2)CC1. The molecule has 3 N–H and O–H groups in total. The molecule has 0 bridgehead atoms. The monoisotopic (exact) mass is 433 g/mol. The van der Waals surface area contributed by atoms with Crippen molar-refractivity contribution in [1.29, 1.82) is 0 Å². The third-order valence-corrected chi connectivity index (χ3v) is 6.40. The highest BCUT2D eigenvalue weighted by Crippen LogP contribution is 2.17. The summed E-state index contributed by atoms with van der Waals surface area (Å²) in [6.07, 6.45) is 5.81. The van der Waals surface area contributed by atoms with Crippen molar-refractivity contribution in [2.75, 3.05) is 32.7 Å².